The molecule has 9 heteroatoms. The third-order valence-corrected chi connectivity index (χ3v) is 3.62. The number of carbonyl (C=O) groups is 2. The number of benzene rings is 2. The van der Waals surface area contributed by atoms with Crippen LogP contribution in [0.15, 0.2) is 48.5 Å². The highest BCUT2D eigenvalue weighted by Crippen LogP contribution is 2.30. The summed E-state index contributed by atoms with van der Waals surface area (Å²) in [6, 6.07) is 10.5. The van der Waals surface area contributed by atoms with E-state index in [1.54, 1.807) is 19.2 Å². The van der Waals surface area contributed by atoms with E-state index < -0.39 is 17.6 Å². The van der Waals surface area contributed by atoms with Crippen molar-refractivity contribution in [2.45, 2.75) is 6.18 Å². The van der Waals surface area contributed by atoms with Crippen LogP contribution in [0.25, 0.3) is 0 Å². The van der Waals surface area contributed by atoms with Gasteiger partial charge in [0.1, 0.15) is 5.75 Å². The van der Waals surface area contributed by atoms with Crippen LogP contribution in [0.3, 0.4) is 0 Å². The lowest BCUT2D eigenvalue weighted by atomic mass is 10.2. The highest BCUT2D eigenvalue weighted by atomic mass is 19.4. The second-order valence-corrected chi connectivity index (χ2v) is 5.80. The van der Waals surface area contributed by atoms with Gasteiger partial charge in [-0.15, -0.1) is 0 Å². The fraction of sp³-hybridized carbons (Fsp3) is 0.263. The van der Waals surface area contributed by atoms with Crippen LogP contribution in [-0.4, -0.2) is 38.6 Å². The fourth-order valence-corrected chi connectivity index (χ4v) is 2.22. The zero-order valence-corrected chi connectivity index (χ0v) is 15.1. The van der Waals surface area contributed by atoms with E-state index in [0.717, 1.165) is 12.1 Å². The first-order valence-corrected chi connectivity index (χ1v) is 8.42. The lowest BCUT2D eigenvalue weighted by Gasteiger charge is -2.11. The van der Waals surface area contributed by atoms with Gasteiger partial charge < -0.3 is 20.7 Å². The molecule has 28 heavy (non-hydrogen) atoms. The van der Waals surface area contributed by atoms with Crippen molar-refractivity contribution in [3.63, 3.8) is 0 Å². The quantitative estimate of drug-likeness (QED) is 0.601. The second kappa shape index (κ2) is 9.75. The summed E-state index contributed by atoms with van der Waals surface area (Å²) in [4.78, 5) is 23.8. The number of rotatable bonds is 8. The summed E-state index contributed by atoms with van der Waals surface area (Å²) in [7, 11) is 1.78. The lowest BCUT2D eigenvalue weighted by Crippen LogP contribution is -2.30. The van der Waals surface area contributed by atoms with Crippen LogP contribution in [-0.2, 0) is 11.0 Å². The van der Waals surface area contributed by atoms with Crippen LogP contribution >= 0.6 is 0 Å². The van der Waals surface area contributed by atoms with Crippen molar-refractivity contribution in [3.8, 4) is 5.75 Å². The van der Waals surface area contributed by atoms with Crippen molar-refractivity contribution in [1.29, 1.82) is 0 Å². The van der Waals surface area contributed by atoms with Crippen LogP contribution in [0.2, 0.25) is 0 Å². The van der Waals surface area contributed by atoms with Gasteiger partial charge in [0.2, 0.25) is 0 Å². The highest BCUT2D eigenvalue weighted by Gasteiger charge is 2.30. The molecule has 0 bridgehead atoms. The largest absolute Gasteiger partial charge is 0.484 e. The number of hydrogen-bond acceptors (Lipinski definition) is 4. The summed E-state index contributed by atoms with van der Waals surface area (Å²) in [5.74, 6) is -0.483. The minimum atomic E-state index is -4.49. The first-order valence-electron chi connectivity index (χ1n) is 8.42. The number of likely N-dealkylation sites (N-methyl/N-ethyl adjacent to an activating group) is 1. The number of amides is 2. The van der Waals surface area contributed by atoms with Gasteiger partial charge in [-0.3, -0.25) is 9.59 Å². The van der Waals surface area contributed by atoms with Crippen molar-refractivity contribution < 1.29 is 27.5 Å². The summed E-state index contributed by atoms with van der Waals surface area (Å²) in [6.07, 6.45) is -4.49. The summed E-state index contributed by atoms with van der Waals surface area (Å²) in [5.41, 5.74) is -0.385. The van der Waals surface area contributed by atoms with Crippen LogP contribution < -0.4 is 20.7 Å². The fourth-order valence-electron chi connectivity index (χ4n) is 2.22. The molecule has 0 spiro atoms. The molecule has 0 aliphatic heterocycles. The normalized spacial score (nSPS) is 11.0. The number of carbonyl (C=O) groups excluding carboxylic acids is 2. The number of halogens is 3. The molecule has 0 aliphatic carbocycles. The molecule has 0 radical (unpaired) electrons. The minimum absolute atomic E-state index is 0.0250. The molecule has 0 aliphatic rings. The monoisotopic (exact) mass is 395 g/mol. The number of hydrogen-bond donors (Lipinski definition) is 3. The number of alkyl halides is 3. The summed E-state index contributed by atoms with van der Waals surface area (Å²) >= 11 is 0. The smallest absolute Gasteiger partial charge is 0.416 e. The molecule has 2 aromatic carbocycles. The molecule has 0 atom stereocenters. The Morgan fingerprint density at radius 3 is 2.39 bits per heavy atom. The van der Waals surface area contributed by atoms with Crippen molar-refractivity contribution >= 4 is 17.5 Å². The minimum Gasteiger partial charge on any atom is -0.484 e. The zero-order chi connectivity index (χ0) is 20.6. The van der Waals surface area contributed by atoms with E-state index in [2.05, 4.69) is 16.0 Å². The van der Waals surface area contributed by atoms with E-state index in [4.69, 9.17) is 4.74 Å². The van der Waals surface area contributed by atoms with Crippen molar-refractivity contribution in [3.05, 3.63) is 59.7 Å². The van der Waals surface area contributed by atoms with E-state index in [9.17, 15) is 22.8 Å². The molecule has 2 aromatic rings. The Morgan fingerprint density at radius 1 is 1.04 bits per heavy atom. The number of anilines is 1. The van der Waals surface area contributed by atoms with Gasteiger partial charge >= 0.3 is 6.18 Å². The maximum Gasteiger partial charge on any atom is 0.416 e. The highest BCUT2D eigenvalue weighted by molar-refractivity contribution is 5.94. The second-order valence-electron chi connectivity index (χ2n) is 5.80. The van der Waals surface area contributed by atoms with Crippen molar-refractivity contribution in [2.75, 3.05) is 32.1 Å². The molecule has 0 unspecified atom stereocenters. The Labute approximate surface area is 160 Å². The summed E-state index contributed by atoms with van der Waals surface area (Å²) in [6.45, 7) is 0.751. The lowest BCUT2D eigenvalue weighted by molar-refractivity contribution is -0.137. The number of ether oxygens (including phenoxy) is 1. The van der Waals surface area contributed by atoms with Gasteiger partial charge in [-0.1, -0.05) is 6.07 Å². The maximum absolute atomic E-state index is 12.7. The SMILES string of the molecule is CNCCNC(=O)c1ccc(OCC(=O)Nc2cccc(C(F)(F)F)c2)cc1. The van der Waals surface area contributed by atoms with Gasteiger partial charge in [-0.2, -0.15) is 13.2 Å². The van der Waals surface area contributed by atoms with E-state index >= 15 is 0 Å². The molecule has 0 saturated heterocycles. The van der Waals surface area contributed by atoms with Crippen LogP contribution in [0, 0.1) is 0 Å². The molecule has 2 amide bonds. The predicted octanol–water partition coefficient (Wildman–Crippen LogP) is 2.67. The molecule has 150 valence electrons. The van der Waals surface area contributed by atoms with Crippen molar-refractivity contribution in [2.24, 2.45) is 0 Å². The van der Waals surface area contributed by atoms with E-state index in [1.807, 2.05) is 0 Å². The average Bonchev–Trinajstić information content (AvgIpc) is 2.66. The Kier molecular flexibility index (Phi) is 7.39. The summed E-state index contributed by atoms with van der Waals surface area (Å²) in [5, 5.41) is 7.98. The predicted molar refractivity (Wildman–Crippen MR) is 98.3 cm³/mol. The molecule has 0 heterocycles. The Balaban J connectivity index is 1.85. The third kappa shape index (κ3) is 6.58. The van der Waals surface area contributed by atoms with Crippen LogP contribution in [0.4, 0.5) is 18.9 Å². The molecule has 2 rings (SSSR count). The van der Waals surface area contributed by atoms with Gasteiger partial charge in [0.25, 0.3) is 11.8 Å². The van der Waals surface area contributed by atoms with Crippen LogP contribution in [0.1, 0.15) is 15.9 Å². The van der Waals surface area contributed by atoms with Gasteiger partial charge in [-0.05, 0) is 49.5 Å². The van der Waals surface area contributed by atoms with Crippen molar-refractivity contribution in [1.82, 2.24) is 10.6 Å². The molecule has 0 fully saturated rings. The standard InChI is InChI=1S/C19H20F3N3O3/c1-23-9-10-24-18(27)13-5-7-16(8-6-13)28-12-17(26)25-15-4-2-3-14(11-15)19(20,21)22/h2-8,11,23H,9-10,12H2,1H3,(H,24,27)(H,25,26). The topological polar surface area (TPSA) is 79.5 Å². The van der Waals surface area contributed by atoms with Crippen LogP contribution in [0.5, 0.6) is 5.75 Å². The van der Waals surface area contributed by atoms with E-state index in [-0.39, 0.29) is 18.2 Å². The van der Waals surface area contributed by atoms with Gasteiger partial charge in [0, 0.05) is 24.3 Å². The molecular formula is C19H20F3N3O3. The first-order chi connectivity index (χ1) is 13.3. The first kappa shape index (κ1) is 21.2. The van der Waals surface area contributed by atoms with E-state index in [1.165, 1.54) is 24.3 Å². The van der Waals surface area contributed by atoms with Gasteiger partial charge in [0.05, 0.1) is 5.56 Å². The molecule has 6 nitrogen and oxygen atoms in total. The van der Waals surface area contributed by atoms with E-state index in [0.29, 0.717) is 24.4 Å². The zero-order valence-electron chi connectivity index (χ0n) is 15.1. The summed E-state index contributed by atoms with van der Waals surface area (Å²) < 4.78 is 43.3. The van der Waals surface area contributed by atoms with Gasteiger partial charge in [0.15, 0.2) is 6.61 Å². The Bertz CT molecular complexity index is 808. The molecule has 3 N–H and O–H groups in total. The number of nitrogens with one attached hydrogen (secondary N) is 3. The maximum atomic E-state index is 12.7. The van der Waals surface area contributed by atoms with Gasteiger partial charge in [-0.25, -0.2) is 0 Å². The molecule has 0 saturated carbocycles. The molecular weight excluding hydrogens is 375 g/mol. The molecule has 0 aromatic heterocycles. The average molecular weight is 395 g/mol. The third-order valence-electron chi connectivity index (χ3n) is 3.62. The Morgan fingerprint density at radius 2 is 1.75 bits per heavy atom. The Hall–Kier alpha value is -3.07.